The maximum absolute atomic E-state index is 5.29. The third-order valence-corrected chi connectivity index (χ3v) is 2.18. The van der Waals surface area contributed by atoms with Crippen molar-refractivity contribution < 1.29 is 4.42 Å². The average molecular weight is 200 g/mol. The second-order valence-corrected chi connectivity index (χ2v) is 3.42. The SMILES string of the molecule is C#Cc1ccoc1C#CCCCCCC. The molecule has 0 atom stereocenters. The lowest BCUT2D eigenvalue weighted by Gasteiger charge is -1.91. The first-order valence-corrected chi connectivity index (χ1v) is 5.41. The highest BCUT2D eigenvalue weighted by Crippen LogP contribution is 2.07. The molecule has 0 aliphatic heterocycles. The Morgan fingerprint density at radius 3 is 2.93 bits per heavy atom. The van der Waals surface area contributed by atoms with Crippen LogP contribution in [0.3, 0.4) is 0 Å². The van der Waals surface area contributed by atoms with Crippen LogP contribution in [0.25, 0.3) is 0 Å². The quantitative estimate of drug-likeness (QED) is 0.535. The Bertz CT molecular complexity index is 381. The highest BCUT2D eigenvalue weighted by atomic mass is 16.3. The van der Waals surface area contributed by atoms with Gasteiger partial charge in [0, 0.05) is 6.42 Å². The van der Waals surface area contributed by atoms with Crippen LogP contribution in [0.15, 0.2) is 16.7 Å². The molecule has 0 radical (unpaired) electrons. The number of terminal acetylenes is 1. The molecule has 0 unspecified atom stereocenters. The van der Waals surface area contributed by atoms with E-state index in [9.17, 15) is 0 Å². The monoisotopic (exact) mass is 200 g/mol. The van der Waals surface area contributed by atoms with Crippen LogP contribution in [0.4, 0.5) is 0 Å². The molecule has 1 heterocycles. The largest absolute Gasteiger partial charge is 0.455 e. The van der Waals surface area contributed by atoms with E-state index in [-0.39, 0.29) is 0 Å². The maximum atomic E-state index is 5.29. The summed E-state index contributed by atoms with van der Waals surface area (Å²) in [5, 5.41) is 0. The average Bonchev–Trinajstić information content (AvgIpc) is 2.70. The van der Waals surface area contributed by atoms with Gasteiger partial charge in [-0.25, -0.2) is 0 Å². The molecule has 1 nitrogen and oxygen atoms in total. The minimum atomic E-state index is 0.619. The predicted octanol–water partition coefficient (Wildman–Crippen LogP) is 3.58. The molecule has 1 aromatic heterocycles. The van der Waals surface area contributed by atoms with E-state index >= 15 is 0 Å². The molecule has 1 aromatic rings. The molecule has 15 heavy (non-hydrogen) atoms. The van der Waals surface area contributed by atoms with Crippen LogP contribution in [0.2, 0.25) is 0 Å². The standard InChI is InChI=1S/C14H16O/c1-3-5-6-7-8-9-10-14-13(4-2)11-12-15-14/h2,11-12H,3,5-8H2,1H3. The maximum Gasteiger partial charge on any atom is 0.192 e. The lowest BCUT2D eigenvalue weighted by atomic mass is 10.1. The second kappa shape index (κ2) is 6.80. The normalized spacial score (nSPS) is 9.07. The fourth-order valence-corrected chi connectivity index (χ4v) is 1.30. The third-order valence-electron chi connectivity index (χ3n) is 2.18. The first-order valence-electron chi connectivity index (χ1n) is 5.41. The number of unbranched alkanes of at least 4 members (excludes halogenated alkanes) is 4. The van der Waals surface area contributed by atoms with Crippen molar-refractivity contribution >= 4 is 0 Å². The molecule has 1 heteroatoms. The molecule has 0 aliphatic rings. The molecule has 0 fully saturated rings. The van der Waals surface area contributed by atoms with Crippen molar-refractivity contribution in [2.45, 2.75) is 39.0 Å². The van der Waals surface area contributed by atoms with Crippen molar-refractivity contribution in [3.8, 4) is 24.2 Å². The van der Waals surface area contributed by atoms with E-state index in [0.29, 0.717) is 5.76 Å². The van der Waals surface area contributed by atoms with E-state index in [1.807, 2.05) is 0 Å². The molecule has 0 spiro atoms. The fraction of sp³-hybridized carbons (Fsp3) is 0.429. The van der Waals surface area contributed by atoms with Gasteiger partial charge in [-0.2, -0.15) is 0 Å². The predicted molar refractivity (Wildman–Crippen MR) is 62.3 cm³/mol. The first-order chi connectivity index (χ1) is 7.38. The molecule has 0 saturated carbocycles. The Labute approximate surface area is 91.9 Å². The van der Waals surface area contributed by atoms with Crippen molar-refractivity contribution in [1.29, 1.82) is 0 Å². The van der Waals surface area contributed by atoms with Crippen LogP contribution >= 0.6 is 0 Å². The minimum absolute atomic E-state index is 0.619. The summed E-state index contributed by atoms with van der Waals surface area (Å²) in [6.45, 7) is 2.20. The van der Waals surface area contributed by atoms with E-state index in [1.165, 1.54) is 19.3 Å². The highest BCUT2D eigenvalue weighted by Gasteiger charge is 1.97. The second-order valence-electron chi connectivity index (χ2n) is 3.42. The van der Waals surface area contributed by atoms with Crippen LogP contribution in [0.5, 0.6) is 0 Å². The minimum Gasteiger partial charge on any atom is -0.455 e. The molecular formula is C14H16O. The Kier molecular flexibility index (Phi) is 5.20. The Morgan fingerprint density at radius 1 is 1.33 bits per heavy atom. The summed E-state index contributed by atoms with van der Waals surface area (Å²) in [5.41, 5.74) is 0.746. The van der Waals surface area contributed by atoms with Gasteiger partial charge in [-0.05, 0) is 18.4 Å². The molecule has 0 aromatic carbocycles. The van der Waals surface area contributed by atoms with Gasteiger partial charge in [0.2, 0.25) is 0 Å². The zero-order valence-corrected chi connectivity index (χ0v) is 9.18. The van der Waals surface area contributed by atoms with Crippen molar-refractivity contribution in [2.75, 3.05) is 0 Å². The van der Waals surface area contributed by atoms with Crippen LogP contribution in [0.1, 0.15) is 50.4 Å². The van der Waals surface area contributed by atoms with E-state index < -0.39 is 0 Å². The number of rotatable bonds is 4. The Morgan fingerprint density at radius 2 is 2.20 bits per heavy atom. The van der Waals surface area contributed by atoms with Gasteiger partial charge < -0.3 is 4.42 Å². The van der Waals surface area contributed by atoms with Gasteiger partial charge in [-0.15, -0.1) is 6.42 Å². The Hall–Kier alpha value is -1.60. The van der Waals surface area contributed by atoms with E-state index in [4.69, 9.17) is 10.8 Å². The van der Waals surface area contributed by atoms with Crippen molar-refractivity contribution in [1.82, 2.24) is 0 Å². The highest BCUT2D eigenvalue weighted by molar-refractivity contribution is 5.43. The summed E-state index contributed by atoms with van der Waals surface area (Å²) < 4.78 is 5.17. The van der Waals surface area contributed by atoms with E-state index in [0.717, 1.165) is 18.4 Å². The van der Waals surface area contributed by atoms with E-state index in [1.54, 1.807) is 12.3 Å². The zero-order chi connectivity index (χ0) is 10.9. The summed E-state index contributed by atoms with van der Waals surface area (Å²) in [4.78, 5) is 0. The summed E-state index contributed by atoms with van der Waals surface area (Å²) >= 11 is 0. The number of furan rings is 1. The molecule has 78 valence electrons. The summed E-state index contributed by atoms with van der Waals surface area (Å²) in [6, 6.07) is 1.76. The van der Waals surface area contributed by atoms with Crippen molar-refractivity contribution in [2.24, 2.45) is 0 Å². The lowest BCUT2D eigenvalue weighted by molar-refractivity contribution is 0.553. The molecular weight excluding hydrogens is 184 g/mol. The summed E-state index contributed by atoms with van der Waals surface area (Å²) in [7, 11) is 0. The molecule has 1 rings (SSSR count). The third kappa shape index (κ3) is 3.96. The van der Waals surface area contributed by atoms with Gasteiger partial charge in [0.05, 0.1) is 11.8 Å². The van der Waals surface area contributed by atoms with E-state index in [2.05, 4.69) is 24.7 Å². The molecule has 0 saturated heterocycles. The first kappa shape index (κ1) is 11.5. The van der Waals surface area contributed by atoms with Crippen LogP contribution < -0.4 is 0 Å². The van der Waals surface area contributed by atoms with Gasteiger partial charge >= 0.3 is 0 Å². The smallest absolute Gasteiger partial charge is 0.192 e. The summed E-state index contributed by atoms with van der Waals surface area (Å²) in [6.07, 6.45) is 12.7. The van der Waals surface area contributed by atoms with Gasteiger partial charge in [-0.1, -0.05) is 38.0 Å². The summed E-state index contributed by atoms with van der Waals surface area (Å²) in [5.74, 6) is 9.20. The number of hydrogen-bond acceptors (Lipinski definition) is 1. The Balaban J connectivity index is 2.35. The van der Waals surface area contributed by atoms with Gasteiger partial charge in [0.15, 0.2) is 5.76 Å². The zero-order valence-electron chi connectivity index (χ0n) is 9.18. The van der Waals surface area contributed by atoms with Gasteiger partial charge in [-0.3, -0.25) is 0 Å². The lowest BCUT2D eigenvalue weighted by Crippen LogP contribution is -1.76. The van der Waals surface area contributed by atoms with Gasteiger partial charge in [0.25, 0.3) is 0 Å². The van der Waals surface area contributed by atoms with Crippen LogP contribution in [-0.2, 0) is 0 Å². The number of hydrogen-bond donors (Lipinski definition) is 0. The van der Waals surface area contributed by atoms with Crippen LogP contribution in [0, 0.1) is 24.2 Å². The molecule has 0 aliphatic carbocycles. The molecule has 0 amide bonds. The van der Waals surface area contributed by atoms with Crippen LogP contribution in [-0.4, -0.2) is 0 Å². The van der Waals surface area contributed by atoms with Gasteiger partial charge in [0.1, 0.15) is 0 Å². The topological polar surface area (TPSA) is 13.1 Å². The van der Waals surface area contributed by atoms with Crippen molar-refractivity contribution in [3.63, 3.8) is 0 Å². The fourth-order valence-electron chi connectivity index (χ4n) is 1.30. The van der Waals surface area contributed by atoms with Crippen molar-refractivity contribution in [3.05, 3.63) is 23.7 Å². The molecule has 0 N–H and O–H groups in total. The molecule has 0 bridgehead atoms.